The highest BCUT2D eigenvalue weighted by atomic mass is 16.5. The maximum absolute atomic E-state index is 6.14. The molecule has 0 spiro atoms. The summed E-state index contributed by atoms with van der Waals surface area (Å²) < 4.78 is 22.9. The molecule has 0 radical (unpaired) electrons. The van der Waals surface area contributed by atoms with Crippen LogP contribution in [0.5, 0.6) is 17.2 Å². The smallest absolute Gasteiger partial charge is 0.142 e. The normalized spacial score (nSPS) is 18.0. The molecule has 2 aliphatic rings. The Balaban J connectivity index is 1.24. The van der Waals surface area contributed by atoms with E-state index in [1.165, 1.54) is 11.1 Å². The molecule has 3 aromatic rings. The molecule has 1 saturated heterocycles. The van der Waals surface area contributed by atoms with Crippen LogP contribution in [-0.4, -0.2) is 64.1 Å². The van der Waals surface area contributed by atoms with Crippen molar-refractivity contribution in [2.45, 2.75) is 19.0 Å². The van der Waals surface area contributed by atoms with E-state index in [1.807, 2.05) is 18.2 Å². The van der Waals surface area contributed by atoms with Crippen LogP contribution < -0.4 is 19.1 Å². The summed E-state index contributed by atoms with van der Waals surface area (Å²) in [6.07, 6.45) is 0.904. The number of ether oxygens (including phenoxy) is 4. The number of para-hydroxylation sites is 2. The Morgan fingerprint density at radius 1 is 0.857 bits per heavy atom. The Hall–Kier alpha value is -3.22. The maximum atomic E-state index is 6.14. The molecule has 6 nitrogen and oxygen atoms in total. The molecule has 0 N–H and O–H groups in total. The highest BCUT2D eigenvalue weighted by Gasteiger charge is 2.27. The minimum atomic E-state index is 0.239. The zero-order valence-corrected chi connectivity index (χ0v) is 20.4. The molecule has 2 heterocycles. The topological polar surface area (TPSA) is 43.4 Å². The van der Waals surface area contributed by atoms with Crippen LogP contribution in [-0.2, 0) is 17.7 Å². The molecule has 0 unspecified atom stereocenters. The summed E-state index contributed by atoms with van der Waals surface area (Å²) in [7, 11) is 1.70. The molecule has 184 valence electrons. The monoisotopic (exact) mass is 474 g/mol. The van der Waals surface area contributed by atoms with E-state index >= 15 is 0 Å². The number of anilines is 1. The van der Waals surface area contributed by atoms with Crippen molar-refractivity contribution >= 4 is 5.69 Å². The van der Waals surface area contributed by atoms with Crippen LogP contribution in [0.1, 0.15) is 11.1 Å². The lowest BCUT2D eigenvalue weighted by Crippen LogP contribution is -2.44. The van der Waals surface area contributed by atoms with Crippen molar-refractivity contribution < 1.29 is 18.9 Å². The SMILES string of the molecule is COc1ccc(C[C@H]2COc3ccccc3N2Cc2ccc(OCCN3CCOCC3)cc2)cc1. The lowest BCUT2D eigenvalue weighted by atomic mass is 10.0. The van der Waals surface area contributed by atoms with E-state index in [0.717, 1.165) is 68.7 Å². The molecule has 0 amide bonds. The molecule has 6 heteroatoms. The van der Waals surface area contributed by atoms with Gasteiger partial charge >= 0.3 is 0 Å². The van der Waals surface area contributed by atoms with Gasteiger partial charge in [-0.1, -0.05) is 36.4 Å². The number of hydrogen-bond donors (Lipinski definition) is 0. The molecule has 1 atom stereocenters. The van der Waals surface area contributed by atoms with E-state index in [1.54, 1.807) is 7.11 Å². The van der Waals surface area contributed by atoms with Crippen molar-refractivity contribution in [1.82, 2.24) is 4.90 Å². The molecule has 0 aromatic heterocycles. The summed E-state index contributed by atoms with van der Waals surface area (Å²) in [6.45, 7) is 6.71. The summed E-state index contributed by atoms with van der Waals surface area (Å²) in [4.78, 5) is 4.86. The van der Waals surface area contributed by atoms with Gasteiger partial charge in [0.25, 0.3) is 0 Å². The van der Waals surface area contributed by atoms with Crippen molar-refractivity contribution in [3.63, 3.8) is 0 Å². The molecular formula is C29H34N2O4. The first-order valence-corrected chi connectivity index (χ1v) is 12.4. The Labute approximate surface area is 208 Å². The number of nitrogens with zero attached hydrogens (tertiary/aromatic N) is 2. The van der Waals surface area contributed by atoms with Gasteiger partial charge in [0.15, 0.2) is 0 Å². The third kappa shape index (κ3) is 6.08. The average molecular weight is 475 g/mol. The zero-order valence-electron chi connectivity index (χ0n) is 20.4. The number of methoxy groups -OCH3 is 1. The van der Waals surface area contributed by atoms with Gasteiger partial charge in [0, 0.05) is 26.2 Å². The first kappa shape index (κ1) is 23.5. The predicted molar refractivity (Wildman–Crippen MR) is 138 cm³/mol. The molecular weight excluding hydrogens is 440 g/mol. The van der Waals surface area contributed by atoms with Gasteiger partial charge in [-0.15, -0.1) is 0 Å². The predicted octanol–water partition coefficient (Wildman–Crippen LogP) is 4.42. The molecule has 5 rings (SSSR count). The number of fused-ring (bicyclic) bond motifs is 1. The minimum absolute atomic E-state index is 0.239. The standard InChI is InChI=1S/C29H34N2O4/c1-32-26-10-6-23(7-11-26)20-25-22-35-29-5-3-2-4-28(29)31(25)21-24-8-12-27(13-9-24)34-19-16-30-14-17-33-18-15-30/h2-13,25H,14-22H2,1H3/t25-/m0/s1. The average Bonchev–Trinajstić information content (AvgIpc) is 2.92. The van der Waals surface area contributed by atoms with E-state index in [9.17, 15) is 0 Å². The van der Waals surface area contributed by atoms with Crippen LogP contribution in [0, 0.1) is 0 Å². The van der Waals surface area contributed by atoms with Gasteiger partial charge in [-0.3, -0.25) is 4.90 Å². The van der Waals surface area contributed by atoms with E-state index in [4.69, 9.17) is 18.9 Å². The highest BCUT2D eigenvalue weighted by Crippen LogP contribution is 2.36. The Morgan fingerprint density at radius 2 is 1.57 bits per heavy atom. The van der Waals surface area contributed by atoms with E-state index in [-0.39, 0.29) is 6.04 Å². The Kier molecular flexibility index (Phi) is 7.71. The summed E-state index contributed by atoms with van der Waals surface area (Å²) in [5.74, 6) is 2.74. The Bertz CT molecular complexity index is 1060. The van der Waals surface area contributed by atoms with Crippen molar-refractivity contribution in [3.05, 3.63) is 83.9 Å². The highest BCUT2D eigenvalue weighted by molar-refractivity contribution is 5.61. The van der Waals surface area contributed by atoms with E-state index in [0.29, 0.717) is 13.2 Å². The third-order valence-corrected chi connectivity index (χ3v) is 6.73. The molecule has 2 aliphatic heterocycles. The molecule has 3 aromatic carbocycles. The first-order valence-electron chi connectivity index (χ1n) is 12.4. The summed E-state index contributed by atoms with van der Waals surface area (Å²) in [5.41, 5.74) is 3.66. The third-order valence-electron chi connectivity index (χ3n) is 6.73. The summed E-state index contributed by atoms with van der Waals surface area (Å²) in [6, 6.07) is 25.4. The van der Waals surface area contributed by atoms with Crippen molar-refractivity contribution in [2.75, 3.05) is 58.1 Å². The quantitative estimate of drug-likeness (QED) is 0.458. The van der Waals surface area contributed by atoms with Crippen molar-refractivity contribution in [2.24, 2.45) is 0 Å². The maximum Gasteiger partial charge on any atom is 0.142 e. The molecule has 0 saturated carbocycles. The molecule has 1 fully saturated rings. The first-order chi connectivity index (χ1) is 17.3. The second-order valence-corrected chi connectivity index (χ2v) is 9.06. The van der Waals surface area contributed by atoms with Gasteiger partial charge < -0.3 is 23.8 Å². The second-order valence-electron chi connectivity index (χ2n) is 9.06. The number of benzene rings is 3. The lowest BCUT2D eigenvalue weighted by molar-refractivity contribution is 0.0322. The van der Waals surface area contributed by atoms with Gasteiger partial charge in [-0.2, -0.15) is 0 Å². The Morgan fingerprint density at radius 3 is 2.34 bits per heavy atom. The van der Waals surface area contributed by atoms with Gasteiger partial charge in [-0.25, -0.2) is 0 Å². The lowest BCUT2D eigenvalue weighted by Gasteiger charge is -2.39. The molecule has 35 heavy (non-hydrogen) atoms. The second kappa shape index (κ2) is 11.5. The van der Waals surface area contributed by atoms with E-state index in [2.05, 4.69) is 64.4 Å². The fraction of sp³-hybridized carbons (Fsp3) is 0.379. The fourth-order valence-electron chi connectivity index (χ4n) is 4.71. The minimum Gasteiger partial charge on any atom is -0.497 e. The largest absolute Gasteiger partial charge is 0.497 e. The van der Waals surface area contributed by atoms with Crippen molar-refractivity contribution in [1.29, 1.82) is 0 Å². The van der Waals surface area contributed by atoms with Gasteiger partial charge in [0.2, 0.25) is 0 Å². The fourth-order valence-corrected chi connectivity index (χ4v) is 4.71. The molecule has 0 bridgehead atoms. The van der Waals surface area contributed by atoms with Crippen LogP contribution in [0.4, 0.5) is 5.69 Å². The van der Waals surface area contributed by atoms with Gasteiger partial charge in [0.05, 0.1) is 32.1 Å². The van der Waals surface area contributed by atoms with Crippen LogP contribution >= 0.6 is 0 Å². The summed E-state index contributed by atoms with van der Waals surface area (Å²) in [5, 5.41) is 0. The zero-order chi connectivity index (χ0) is 23.9. The van der Waals surface area contributed by atoms with Crippen LogP contribution in [0.15, 0.2) is 72.8 Å². The van der Waals surface area contributed by atoms with Crippen LogP contribution in [0.2, 0.25) is 0 Å². The number of rotatable bonds is 9. The summed E-state index contributed by atoms with van der Waals surface area (Å²) >= 11 is 0. The van der Waals surface area contributed by atoms with Gasteiger partial charge in [-0.05, 0) is 53.9 Å². The number of morpholine rings is 1. The van der Waals surface area contributed by atoms with Crippen LogP contribution in [0.3, 0.4) is 0 Å². The van der Waals surface area contributed by atoms with Gasteiger partial charge in [0.1, 0.15) is 30.5 Å². The van der Waals surface area contributed by atoms with Crippen LogP contribution in [0.25, 0.3) is 0 Å². The molecule has 0 aliphatic carbocycles. The number of hydrogen-bond acceptors (Lipinski definition) is 6. The van der Waals surface area contributed by atoms with E-state index < -0.39 is 0 Å². The van der Waals surface area contributed by atoms with Crippen molar-refractivity contribution in [3.8, 4) is 17.2 Å².